The molecule has 2 aromatic rings. The molecule has 27 heavy (non-hydrogen) atoms. The highest BCUT2D eigenvalue weighted by Gasteiger charge is 2.21. The molecule has 0 atom stereocenters. The number of rotatable bonds is 4. The molecule has 0 bridgehead atoms. The van der Waals surface area contributed by atoms with Crippen molar-refractivity contribution >= 4 is 21.7 Å². The lowest BCUT2D eigenvalue weighted by atomic mass is 10.00. The van der Waals surface area contributed by atoms with Gasteiger partial charge in [-0.15, -0.1) is 0 Å². The first-order valence-corrected chi connectivity index (χ1v) is 10.5. The van der Waals surface area contributed by atoms with Crippen molar-refractivity contribution in [2.24, 2.45) is 5.92 Å². The van der Waals surface area contributed by atoms with Crippen molar-refractivity contribution in [1.82, 2.24) is 9.97 Å². The average Bonchev–Trinajstić information content (AvgIpc) is 2.68. The van der Waals surface area contributed by atoms with Crippen LogP contribution in [0.4, 0.5) is 11.6 Å². The van der Waals surface area contributed by atoms with Crippen LogP contribution in [0.5, 0.6) is 11.5 Å². The highest BCUT2D eigenvalue weighted by Crippen LogP contribution is 2.32. The van der Waals surface area contributed by atoms with E-state index in [9.17, 15) is 8.42 Å². The Bertz CT molecular complexity index is 909. The summed E-state index contributed by atoms with van der Waals surface area (Å²) in [4.78, 5) is 10.9. The molecule has 3 heterocycles. The average molecular weight is 390 g/mol. The lowest BCUT2D eigenvalue weighted by molar-refractivity contribution is 0.171. The highest BCUT2D eigenvalue weighted by molar-refractivity contribution is 7.92. The molecule has 0 unspecified atom stereocenters. The summed E-state index contributed by atoms with van der Waals surface area (Å²) in [5.41, 5.74) is 0.319. The minimum atomic E-state index is -3.77. The van der Waals surface area contributed by atoms with Crippen LogP contribution in [0, 0.1) is 5.92 Å². The van der Waals surface area contributed by atoms with Gasteiger partial charge in [-0.05, 0) is 30.9 Å². The number of nitrogens with zero attached hydrogens (tertiary/aromatic N) is 3. The molecule has 1 aromatic carbocycles. The molecule has 9 heteroatoms. The van der Waals surface area contributed by atoms with Crippen molar-refractivity contribution < 1.29 is 17.9 Å². The number of nitrogens with one attached hydrogen (secondary N) is 1. The van der Waals surface area contributed by atoms with Crippen molar-refractivity contribution in [3.05, 3.63) is 30.6 Å². The fraction of sp³-hybridized carbons (Fsp3) is 0.444. The van der Waals surface area contributed by atoms with Crippen LogP contribution in [0.2, 0.25) is 0 Å². The predicted molar refractivity (Wildman–Crippen MR) is 101 cm³/mol. The maximum atomic E-state index is 12.6. The molecule has 0 aliphatic carbocycles. The molecule has 2 aliphatic rings. The fourth-order valence-electron chi connectivity index (χ4n) is 3.15. The number of aromatic nitrogens is 2. The zero-order valence-electron chi connectivity index (χ0n) is 15.1. The van der Waals surface area contributed by atoms with Gasteiger partial charge in [-0.2, -0.15) is 0 Å². The predicted octanol–water partition coefficient (Wildman–Crippen LogP) is 2.28. The lowest BCUT2D eigenvalue weighted by Crippen LogP contribution is -2.34. The second kappa shape index (κ2) is 7.22. The van der Waals surface area contributed by atoms with Gasteiger partial charge in [0.15, 0.2) is 11.5 Å². The van der Waals surface area contributed by atoms with Crippen LogP contribution in [0.1, 0.15) is 19.8 Å². The van der Waals surface area contributed by atoms with Gasteiger partial charge in [0, 0.05) is 19.2 Å². The number of hydrogen-bond acceptors (Lipinski definition) is 7. The Morgan fingerprint density at radius 1 is 1.07 bits per heavy atom. The zero-order chi connectivity index (χ0) is 18.9. The Hall–Kier alpha value is -2.55. The van der Waals surface area contributed by atoms with Gasteiger partial charge in [-0.3, -0.25) is 4.72 Å². The summed E-state index contributed by atoms with van der Waals surface area (Å²) in [5, 5.41) is 0. The molecule has 1 fully saturated rings. The SMILES string of the molecule is CC1CCN(c2ncc(NS(=O)(=O)c3ccc4c(c3)OCCO4)cn2)CC1. The van der Waals surface area contributed by atoms with Crippen LogP contribution in [0.15, 0.2) is 35.5 Å². The van der Waals surface area contributed by atoms with Gasteiger partial charge in [-0.1, -0.05) is 6.92 Å². The number of benzene rings is 1. The monoisotopic (exact) mass is 390 g/mol. The first-order valence-electron chi connectivity index (χ1n) is 9.01. The molecule has 4 rings (SSSR count). The molecule has 1 aromatic heterocycles. The zero-order valence-corrected chi connectivity index (χ0v) is 15.9. The van der Waals surface area contributed by atoms with Gasteiger partial charge in [0.1, 0.15) is 13.2 Å². The van der Waals surface area contributed by atoms with E-state index in [1.54, 1.807) is 6.07 Å². The molecule has 8 nitrogen and oxygen atoms in total. The minimum absolute atomic E-state index is 0.0980. The molecule has 2 aliphatic heterocycles. The minimum Gasteiger partial charge on any atom is -0.486 e. The Morgan fingerprint density at radius 2 is 1.74 bits per heavy atom. The van der Waals surface area contributed by atoms with Crippen molar-refractivity contribution in [3.8, 4) is 11.5 Å². The van der Waals surface area contributed by atoms with E-state index < -0.39 is 10.0 Å². The smallest absolute Gasteiger partial charge is 0.262 e. The van der Waals surface area contributed by atoms with Gasteiger partial charge in [0.05, 0.1) is 23.0 Å². The third-order valence-corrected chi connectivity index (χ3v) is 6.16. The van der Waals surface area contributed by atoms with Gasteiger partial charge in [0.25, 0.3) is 10.0 Å². The number of anilines is 2. The van der Waals surface area contributed by atoms with Crippen molar-refractivity contribution in [2.45, 2.75) is 24.7 Å². The van der Waals surface area contributed by atoms with E-state index in [0.29, 0.717) is 36.3 Å². The summed E-state index contributed by atoms with van der Waals surface area (Å²) in [5.74, 6) is 2.32. The molecule has 1 N–H and O–H groups in total. The van der Waals surface area contributed by atoms with Crippen LogP contribution in [-0.2, 0) is 10.0 Å². The maximum Gasteiger partial charge on any atom is 0.262 e. The van der Waals surface area contributed by atoms with E-state index in [1.165, 1.54) is 24.5 Å². The number of hydrogen-bond donors (Lipinski definition) is 1. The second-order valence-corrected chi connectivity index (χ2v) is 8.53. The third kappa shape index (κ3) is 3.92. The number of sulfonamides is 1. The summed E-state index contributed by atoms with van der Waals surface area (Å²) in [6.45, 7) is 4.94. The Labute approximate surface area is 158 Å². The topological polar surface area (TPSA) is 93.7 Å². The van der Waals surface area contributed by atoms with E-state index in [0.717, 1.165) is 31.8 Å². The molecule has 1 saturated heterocycles. The third-order valence-electron chi connectivity index (χ3n) is 4.78. The van der Waals surface area contributed by atoms with E-state index in [2.05, 4.69) is 26.5 Å². The first-order chi connectivity index (χ1) is 13.0. The second-order valence-electron chi connectivity index (χ2n) is 6.85. The number of ether oxygens (including phenoxy) is 2. The maximum absolute atomic E-state index is 12.6. The van der Waals surface area contributed by atoms with Gasteiger partial charge in [0.2, 0.25) is 5.95 Å². The number of piperidine rings is 1. The standard InChI is InChI=1S/C18H22N4O4S/c1-13-4-6-22(7-5-13)18-19-11-14(12-20-18)21-27(23,24)15-2-3-16-17(10-15)26-9-8-25-16/h2-3,10-13,21H,4-9H2,1H3. The van der Waals surface area contributed by atoms with E-state index in [4.69, 9.17) is 9.47 Å². The molecule has 0 radical (unpaired) electrons. The quantitative estimate of drug-likeness (QED) is 0.856. The summed E-state index contributed by atoms with van der Waals surface area (Å²) < 4.78 is 38.7. The van der Waals surface area contributed by atoms with Crippen molar-refractivity contribution in [2.75, 3.05) is 35.9 Å². The highest BCUT2D eigenvalue weighted by atomic mass is 32.2. The first kappa shape index (κ1) is 17.8. The van der Waals surface area contributed by atoms with Crippen LogP contribution in [0.3, 0.4) is 0 Å². The van der Waals surface area contributed by atoms with E-state index in [-0.39, 0.29) is 4.90 Å². The Morgan fingerprint density at radius 3 is 2.44 bits per heavy atom. The van der Waals surface area contributed by atoms with Crippen LogP contribution >= 0.6 is 0 Å². The van der Waals surface area contributed by atoms with Crippen LogP contribution < -0.4 is 19.1 Å². The fourth-order valence-corrected chi connectivity index (χ4v) is 4.19. The van der Waals surface area contributed by atoms with Gasteiger partial charge < -0.3 is 14.4 Å². The van der Waals surface area contributed by atoms with Gasteiger partial charge >= 0.3 is 0 Å². The number of fused-ring (bicyclic) bond motifs is 1. The van der Waals surface area contributed by atoms with Crippen molar-refractivity contribution in [1.29, 1.82) is 0 Å². The molecule has 144 valence electrons. The van der Waals surface area contributed by atoms with E-state index >= 15 is 0 Å². The molecular weight excluding hydrogens is 368 g/mol. The van der Waals surface area contributed by atoms with Crippen LogP contribution in [-0.4, -0.2) is 44.7 Å². The molecule has 0 saturated carbocycles. The van der Waals surface area contributed by atoms with Gasteiger partial charge in [-0.25, -0.2) is 18.4 Å². The lowest BCUT2D eigenvalue weighted by Gasteiger charge is -2.30. The Kier molecular flexibility index (Phi) is 4.77. The molecular formula is C18H22N4O4S. The van der Waals surface area contributed by atoms with Crippen LogP contribution in [0.25, 0.3) is 0 Å². The normalized spacial score (nSPS) is 17.6. The summed E-state index contributed by atoms with van der Waals surface area (Å²) in [6, 6.07) is 4.54. The summed E-state index contributed by atoms with van der Waals surface area (Å²) in [6.07, 6.45) is 5.22. The largest absolute Gasteiger partial charge is 0.486 e. The van der Waals surface area contributed by atoms with Crippen molar-refractivity contribution in [3.63, 3.8) is 0 Å². The summed E-state index contributed by atoms with van der Waals surface area (Å²) >= 11 is 0. The Balaban J connectivity index is 1.48. The van der Waals surface area contributed by atoms with E-state index in [1.807, 2.05) is 0 Å². The molecule has 0 amide bonds. The molecule has 0 spiro atoms. The summed E-state index contributed by atoms with van der Waals surface area (Å²) in [7, 11) is -3.77.